The molecule has 0 saturated carbocycles. The molecule has 0 aromatic heterocycles. The molecule has 2 aromatic carbocycles. The Labute approximate surface area is 176 Å². The van der Waals surface area contributed by atoms with E-state index in [1.54, 1.807) is 36.4 Å². The van der Waals surface area contributed by atoms with Gasteiger partial charge in [0.15, 0.2) is 11.5 Å². The summed E-state index contributed by atoms with van der Waals surface area (Å²) >= 11 is 0. The summed E-state index contributed by atoms with van der Waals surface area (Å²) in [5, 5.41) is 2.83. The highest BCUT2D eigenvalue weighted by Gasteiger charge is 2.32. The van der Waals surface area contributed by atoms with Crippen LogP contribution in [0.2, 0.25) is 0 Å². The molecular weight excluding hydrogens is 406 g/mol. The van der Waals surface area contributed by atoms with Crippen molar-refractivity contribution in [2.75, 3.05) is 19.0 Å². The molecule has 0 unspecified atom stereocenters. The Bertz CT molecular complexity index is 1080. The highest BCUT2D eigenvalue weighted by atomic mass is 32.2. The third kappa shape index (κ3) is 4.40. The van der Waals surface area contributed by atoms with Gasteiger partial charge in [0.2, 0.25) is 5.91 Å². The molecule has 1 aliphatic heterocycles. The fourth-order valence-electron chi connectivity index (χ4n) is 3.12. The molecule has 1 heterocycles. The van der Waals surface area contributed by atoms with E-state index in [1.165, 1.54) is 13.2 Å². The molecule has 2 aromatic rings. The number of nitrogens with zero attached hydrogens (tertiary/aromatic N) is 1. The Kier molecular flexibility index (Phi) is 6.31. The van der Waals surface area contributed by atoms with Gasteiger partial charge in [0, 0.05) is 17.3 Å². The first kappa shape index (κ1) is 21.6. The minimum Gasteiger partial charge on any atom is -0.493 e. The van der Waals surface area contributed by atoms with Gasteiger partial charge in [0.1, 0.15) is 11.9 Å². The van der Waals surface area contributed by atoms with Gasteiger partial charge in [0.25, 0.3) is 10.0 Å². The van der Waals surface area contributed by atoms with Gasteiger partial charge in [-0.05, 0) is 37.1 Å². The molecule has 1 atom stereocenters. The van der Waals surface area contributed by atoms with Crippen LogP contribution in [0.1, 0.15) is 26.3 Å². The Morgan fingerprint density at radius 3 is 2.57 bits per heavy atom. The summed E-state index contributed by atoms with van der Waals surface area (Å²) in [6.45, 7) is 6.06. The van der Waals surface area contributed by atoms with Crippen molar-refractivity contribution >= 4 is 27.5 Å². The second kappa shape index (κ2) is 8.74. The third-order valence-electron chi connectivity index (χ3n) is 4.56. The minimum absolute atomic E-state index is 0.155. The van der Waals surface area contributed by atoms with Crippen molar-refractivity contribution in [3.63, 3.8) is 0 Å². The molecule has 0 fully saturated rings. The van der Waals surface area contributed by atoms with E-state index in [-0.39, 0.29) is 22.6 Å². The Hall–Kier alpha value is -3.07. The first-order valence-corrected chi connectivity index (χ1v) is 11.1. The van der Waals surface area contributed by atoms with Crippen LogP contribution in [0, 0.1) is 5.92 Å². The average molecular weight is 432 g/mol. The molecule has 3 rings (SSSR count). The van der Waals surface area contributed by atoms with Gasteiger partial charge in [0.05, 0.1) is 18.6 Å². The molecule has 0 saturated heterocycles. The Morgan fingerprint density at radius 2 is 1.90 bits per heavy atom. The van der Waals surface area contributed by atoms with Crippen molar-refractivity contribution in [2.45, 2.75) is 31.7 Å². The standard InChI is InChI=1S/C21H25N3O5S/c1-5-29-16-11-10-14(12-17(16)28-4)22-21(25)19(13(2)3)23-20-15-8-6-7-9-18(15)30(26,27)24-20/h6-13,19H,5H2,1-4H3,(H,22,25)(H,23,24)/t19-/m1/s1. The molecule has 2 N–H and O–H groups in total. The number of sulfonamides is 1. The zero-order valence-electron chi connectivity index (χ0n) is 17.3. The SMILES string of the molecule is CCOc1ccc(NC(=O)[C@H](N=C2NS(=O)(=O)c3ccccc32)C(C)C)cc1OC. The molecule has 160 valence electrons. The number of amides is 1. The van der Waals surface area contributed by atoms with Gasteiger partial charge in [-0.15, -0.1) is 0 Å². The molecule has 0 bridgehead atoms. The van der Waals surface area contributed by atoms with E-state index >= 15 is 0 Å². The van der Waals surface area contributed by atoms with Gasteiger partial charge in [-0.1, -0.05) is 26.0 Å². The first-order chi connectivity index (χ1) is 14.3. The highest BCUT2D eigenvalue weighted by molar-refractivity contribution is 7.90. The average Bonchev–Trinajstić information content (AvgIpc) is 2.97. The number of methoxy groups -OCH3 is 1. The normalized spacial score (nSPS) is 16.6. The number of nitrogens with one attached hydrogen (secondary N) is 2. The van der Waals surface area contributed by atoms with Crippen LogP contribution in [-0.2, 0) is 14.8 Å². The van der Waals surface area contributed by atoms with Crippen LogP contribution < -0.4 is 19.5 Å². The molecule has 1 amide bonds. The number of hydrogen-bond donors (Lipinski definition) is 2. The predicted octanol–water partition coefficient (Wildman–Crippen LogP) is 2.80. The van der Waals surface area contributed by atoms with Crippen LogP contribution in [0.3, 0.4) is 0 Å². The van der Waals surface area contributed by atoms with Gasteiger partial charge in [-0.3, -0.25) is 14.5 Å². The maximum atomic E-state index is 13.0. The van der Waals surface area contributed by atoms with Crippen molar-refractivity contribution in [1.82, 2.24) is 4.72 Å². The fraction of sp³-hybridized carbons (Fsp3) is 0.333. The summed E-state index contributed by atoms with van der Waals surface area (Å²) in [6, 6.07) is 10.8. The topological polar surface area (TPSA) is 106 Å². The molecule has 9 heteroatoms. The molecule has 0 spiro atoms. The van der Waals surface area contributed by atoms with E-state index in [2.05, 4.69) is 15.0 Å². The zero-order chi connectivity index (χ0) is 21.9. The lowest BCUT2D eigenvalue weighted by atomic mass is 10.0. The number of hydrogen-bond acceptors (Lipinski definition) is 6. The van der Waals surface area contributed by atoms with E-state index in [9.17, 15) is 13.2 Å². The van der Waals surface area contributed by atoms with Crippen LogP contribution in [0.25, 0.3) is 0 Å². The number of carbonyl (C=O) groups is 1. The van der Waals surface area contributed by atoms with Crippen molar-refractivity contribution < 1.29 is 22.7 Å². The van der Waals surface area contributed by atoms with E-state index in [1.807, 2.05) is 20.8 Å². The summed E-state index contributed by atoms with van der Waals surface area (Å²) in [6.07, 6.45) is 0. The smallest absolute Gasteiger partial charge is 0.263 e. The number of rotatable bonds is 7. The van der Waals surface area contributed by atoms with Gasteiger partial charge in [-0.25, -0.2) is 8.42 Å². The van der Waals surface area contributed by atoms with E-state index in [4.69, 9.17) is 9.47 Å². The number of carbonyl (C=O) groups excluding carboxylic acids is 1. The van der Waals surface area contributed by atoms with E-state index in [0.29, 0.717) is 29.4 Å². The van der Waals surface area contributed by atoms with Crippen LogP contribution in [-0.4, -0.2) is 39.9 Å². The van der Waals surface area contributed by atoms with Gasteiger partial charge < -0.3 is 14.8 Å². The maximum absolute atomic E-state index is 13.0. The first-order valence-electron chi connectivity index (χ1n) is 9.58. The van der Waals surface area contributed by atoms with Crippen LogP contribution >= 0.6 is 0 Å². The predicted molar refractivity (Wildman–Crippen MR) is 115 cm³/mol. The van der Waals surface area contributed by atoms with Gasteiger partial charge >= 0.3 is 0 Å². The lowest BCUT2D eigenvalue weighted by molar-refractivity contribution is -0.118. The summed E-state index contributed by atoms with van der Waals surface area (Å²) in [5.74, 6) is 0.727. The summed E-state index contributed by atoms with van der Waals surface area (Å²) < 4.78 is 37.9. The number of ether oxygens (including phenoxy) is 2. The quantitative estimate of drug-likeness (QED) is 0.701. The van der Waals surface area contributed by atoms with Crippen molar-refractivity contribution in [3.05, 3.63) is 48.0 Å². The molecule has 1 aliphatic rings. The molecule has 0 radical (unpaired) electrons. The van der Waals surface area contributed by atoms with Crippen molar-refractivity contribution in [1.29, 1.82) is 0 Å². The molecule has 8 nitrogen and oxygen atoms in total. The van der Waals surface area contributed by atoms with Crippen LogP contribution in [0.4, 0.5) is 5.69 Å². The largest absolute Gasteiger partial charge is 0.493 e. The van der Waals surface area contributed by atoms with Crippen LogP contribution in [0.15, 0.2) is 52.4 Å². The zero-order valence-corrected chi connectivity index (χ0v) is 18.1. The number of benzene rings is 2. The summed E-state index contributed by atoms with van der Waals surface area (Å²) in [4.78, 5) is 17.6. The van der Waals surface area contributed by atoms with Crippen molar-refractivity contribution in [2.24, 2.45) is 10.9 Å². The van der Waals surface area contributed by atoms with E-state index in [0.717, 1.165) is 0 Å². The fourth-order valence-corrected chi connectivity index (χ4v) is 4.35. The molecule has 30 heavy (non-hydrogen) atoms. The number of aliphatic imine (C=N–C) groups is 1. The number of anilines is 1. The summed E-state index contributed by atoms with van der Waals surface area (Å²) in [5.41, 5.74) is 0.984. The monoisotopic (exact) mass is 431 g/mol. The highest BCUT2D eigenvalue weighted by Crippen LogP contribution is 2.30. The maximum Gasteiger partial charge on any atom is 0.263 e. The Morgan fingerprint density at radius 1 is 1.17 bits per heavy atom. The number of fused-ring (bicyclic) bond motifs is 1. The lowest BCUT2D eigenvalue weighted by Crippen LogP contribution is -2.34. The number of amidine groups is 1. The third-order valence-corrected chi connectivity index (χ3v) is 5.96. The summed E-state index contributed by atoms with van der Waals surface area (Å²) in [7, 11) is -2.15. The van der Waals surface area contributed by atoms with Crippen LogP contribution in [0.5, 0.6) is 11.5 Å². The molecular formula is C21H25N3O5S. The Balaban J connectivity index is 1.88. The molecule has 0 aliphatic carbocycles. The minimum atomic E-state index is -3.67. The van der Waals surface area contributed by atoms with Gasteiger partial charge in [-0.2, -0.15) is 0 Å². The lowest BCUT2D eigenvalue weighted by Gasteiger charge is -2.18. The second-order valence-electron chi connectivity index (χ2n) is 7.06. The second-order valence-corrected chi connectivity index (χ2v) is 8.71. The van der Waals surface area contributed by atoms with Crippen molar-refractivity contribution in [3.8, 4) is 11.5 Å². The van der Waals surface area contributed by atoms with E-state index < -0.39 is 16.1 Å².